The van der Waals surface area contributed by atoms with Crippen molar-refractivity contribution < 1.29 is 37.4 Å². The van der Waals surface area contributed by atoms with E-state index in [1.54, 1.807) is 6.07 Å². The molecule has 0 spiro atoms. The summed E-state index contributed by atoms with van der Waals surface area (Å²) in [5.41, 5.74) is 1.32. The molecule has 0 saturated carbocycles. The van der Waals surface area contributed by atoms with Gasteiger partial charge in [-0.15, -0.1) is 0 Å². The summed E-state index contributed by atoms with van der Waals surface area (Å²) in [5, 5.41) is 51.5. The van der Waals surface area contributed by atoms with E-state index in [2.05, 4.69) is 0 Å². The van der Waals surface area contributed by atoms with Crippen molar-refractivity contribution in [2.24, 2.45) is 0 Å². The maximum absolute atomic E-state index is 10.7. The largest absolute Gasteiger partial charge is 2.00 e. The van der Waals surface area contributed by atoms with Crippen LogP contribution in [-0.2, 0) is 22.5 Å². The Morgan fingerprint density at radius 2 is 1.50 bits per heavy atom. The first-order chi connectivity index (χ1) is 11.4. The van der Waals surface area contributed by atoms with E-state index in [-0.39, 0.29) is 34.2 Å². The molecular weight excluding hydrogens is 408 g/mol. The van der Waals surface area contributed by atoms with Gasteiger partial charge in [-0.1, -0.05) is 20.8 Å². The molecule has 1 radical (unpaired) electrons. The monoisotopic (exact) mass is 423 g/mol. The molecule has 1 atom stereocenters. The summed E-state index contributed by atoms with van der Waals surface area (Å²) in [6, 6.07) is 4.63. The molecule has 1 aromatic rings. The second-order valence-corrected chi connectivity index (χ2v) is 5.40. The third-order valence-electron chi connectivity index (χ3n) is 3.65. The maximum atomic E-state index is 10.7. The van der Waals surface area contributed by atoms with Crippen LogP contribution in [0.5, 0.6) is 0 Å². The summed E-state index contributed by atoms with van der Waals surface area (Å²) in [5.74, 6) is 0. The zero-order valence-corrected chi connectivity index (χ0v) is 14.8. The third-order valence-corrected chi connectivity index (χ3v) is 3.65. The van der Waals surface area contributed by atoms with Gasteiger partial charge in [-0.05, 0) is 18.1 Å². The fraction of sp³-hybridized carbons (Fsp3) is 0.500. The Labute approximate surface area is 157 Å². The summed E-state index contributed by atoms with van der Waals surface area (Å²) in [4.78, 5) is 26.8. The fourth-order valence-corrected chi connectivity index (χ4v) is 2.70. The molecule has 0 amide bonds. The van der Waals surface area contributed by atoms with E-state index in [0.29, 0.717) is 5.69 Å². The number of non-ortho nitro benzene ring substituents is 1. The van der Waals surface area contributed by atoms with E-state index >= 15 is 0 Å². The molecule has 149 valence electrons. The Bertz CT molecular complexity index is 636. The topological polar surface area (TPSA) is 199 Å². The predicted molar refractivity (Wildman–Crippen MR) is 85.2 cm³/mol. The number of hydroxylamine groups is 1. The zero-order valence-electron chi connectivity index (χ0n) is 13.8. The number of benzene rings is 1. The van der Waals surface area contributed by atoms with Crippen LogP contribution in [0.25, 0.3) is 0 Å². The second-order valence-electron chi connectivity index (χ2n) is 5.40. The maximum Gasteiger partial charge on any atom is 2.00 e. The van der Waals surface area contributed by atoms with Gasteiger partial charge in [-0.2, -0.15) is 0 Å². The number of rotatable bonds is 2. The number of nitro benzene ring substituents is 1. The first-order valence-corrected chi connectivity index (χ1v) is 6.76. The Morgan fingerprint density at radius 1 is 1.08 bits per heavy atom. The van der Waals surface area contributed by atoms with Crippen LogP contribution in [0.1, 0.15) is 32.8 Å². The van der Waals surface area contributed by atoms with Crippen LogP contribution in [0.3, 0.4) is 0 Å². The molecular formula is C12H16CuN4O9. The summed E-state index contributed by atoms with van der Waals surface area (Å²) in [6.07, 6.45) is 0.784. The molecule has 2 rings (SSSR count). The van der Waals surface area contributed by atoms with Gasteiger partial charge >= 0.3 is 17.1 Å². The predicted octanol–water partition coefficient (Wildman–Crippen LogP) is 2.38. The molecule has 26 heavy (non-hydrogen) atoms. The normalized spacial score (nSPS) is 15.8. The minimum Gasteiger partial charge on any atom is -0.356 e. The van der Waals surface area contributed by atoms with Gasteiger partial charge in [0.15, 0.2) is 0 Å². The average Bonchev–Trinajstić information content (AvgIpc) is 2.64. The Balaban J connectivity index is 0. The molecule has 14 heteroatoms. The Kier molecular flexibility index (Phi) is 10.1. The average molecular weight is 424 g/mol. The fourth-order valence-electron chi connectivity index (χ4n) is 2.70. The number of fused-ring (bicyclic) bond motifs is 1. The molecule has 1 unspecified atom stereocenters. The van der Waals surface area contributed by atoms with E-state index < -0.39 is 15.1 Å². The van der Waals surface area contributed by atoms with Crippen LogP contribution < -0.4 is 5.06 Å². The number of nitro groups is 1. The number of hydrogen-bond acceptors (Lipinski definition) is 10. The van der Waals surface area contributed by atoms with Crippen molar-refractivity contribution in [3.8, 4) is 0 Å². The summed E-state index contributed by atoms with van der Waals surface area (Å²) in [6.45, 7) is 6.08. The summed E-state index contributed by atoms with van der Waals surface area (Å²) >= 11 is 0. The Hall–Kier alpha value is -2.70. The minimum absolute atomic E-state index is 0. The molecule has 0 aromatic heterocycles. The quantitative estimate of drug-likeness (QED) is 0.418. The van der Waals surface area contributed by atoms with E-state index in [1.807, 2.05) is 20.8 Å². The van der Waals surface area contributed by atoms with Crippen molar-refractivity contribution in [3.63, 3.8) is 0 Å². The molecule has 0 aliphatic carbocycles. The van der Waals surface area contributed by atoms with Gasteiger partial charge in [0.25, 0.3) is 5.69 Å². The van der Waals surface area contributed by atoms with E-state index in [9.17, 15) is 15.3 Å². The van der Waals surface area contributed by atoms with Crippen molar-refractivity contribution in [3.05, 3.63) is 64.5 Å². The van der Waals surface area contributed by atoms with Gasteiger partial charge in [-0.25, -0.2) is 0 Å². The minimum atomic E-state index is -1.75. The van der Waals surface area contributed by atoms with Crippen molar-refractivity contribution in [2.45, 2.75) is 38.6 Å². The van der Waals surface area contributed by atoms with Crippen LogP contribution in [-0.4, -0.2) is 26.3 Å². The van der Waals surface area contributed by atoms with E-state index in [0.717, 1.165) is 12.0 Å². The molecule has 0 bridgehead atoms. The molecule has 1 aromatic carbocycles. The van der Waals surface area contributed by atoms with Crippen LogP contribution in [0, 0.1) is 40.8 Å². The Morgan fingerprint density at radius 3 is 1.85 bits per heavy atom. The molecule has 1 aliphatic rings. The summed E-state index contributed by atoms with van der Waals surface area (Å²) in [7, 11) is 0. The van der Waals surface area contributed by atoms with Crippen molar-refractivity contribution >= 4 is 11.4 Å². The van der Waals surface area contributed by atoms with Crippen LogP contribution in [0.15, 0.2) is 18.2 Å². The number of anilines is 1. The van der Waals surface area contributed by atoms with Gasteiger partial charge in [0, 0.05) is 17.5 Å². The van der Waals surface area contributed by atoms with Crippen molar-refractivity contribution in [2.75, 3.05) is 5.06 Å². The molecule has 13 nitrogen and oxygen atoms in total. The van der Waals surface area contributed by atoms with Gasteiger partial charge in [-0.3, -0.25) is 20.4 Å². The van der Waals surface area contributed by atoms with Crippen LogP contribution in [0.2, 0.25) is 0 Å². The molecule has 1 heterocycles. The number of nitrogens with zero attached hydrogens (tertiary/aromatic N) is 4. The van der Waals surface area contributed by atoms with E-state index in [4.69, 9.17) is 30.6 Å². The van der Waals surface area contributed by atoms with Crippen molar-refractivity contribution in [1.29, 1.82) is 0 Å². The molecule has 1 aliphatic heterocycles. The SMILES string of the molecule is CCC1N(O)c2cc([N+](=O)[O-])ccc2C1(C)C.O=[N+]([O-])[O-].O=[N+]([O-])[O-].[Cu+2]. The van der Waals surface area contributed by atoms with Gasteiger partial charge in [0.1, 0.15) is 0 Å². The van der Waals surface area contributed by atoms with Gasteiger partial charge in [0.2, 0.25) is 0 Å². The number of hydrogen-bond donors (Lipinski definition) is 1. The second kappa shape index (κ2) is 10.3. The van der Waals surface area contributed by atoms with Gasteiger partial charge in [0.05, 0.1) is 26.8 Å². The third kappa shape index (κ3) is 6.66. The smallest absolute Gasteiger partial charge is 0.356 e. The van der Waals surface area contributed by atoms with Crippen molar-refractivity contribution in [1.82, 2.24) is 0 Å². The standard InChI is InChI=1S/C12H16N2O3.Cu.2NO3/c1-4-11-12(2,3)9-6-5-8(14(16)17)7-10(9)13(11)15;;2*2-1(3)4/h5-7,11,15H,4H2,1-3H3;;;/q;+2;2*-1. The first-order valence-electron chi connectivity index (χ1n) is 6.76. The molecule has 0 saturated heterocycles. The first kappa shape index (κ1) is 25.5. The van der Waals surface area contributed by atoms with Gasteiger partial charge < -0.3 is 30.6 Å². The molecule has 0 fully saturated rings. The van der Waals surface area contributed by atoms with E-state index in [1.165, 1.54) is 17.2 Å². The zero-order chi connectivity index (χ0) is 19.9. The molecule has 1 N–H and O–H groups in total. The summed E-state index contributed by atoms with van der Waals surface area (Å²) < 4.78 is 0. The van der Waals surface area contributed by atoms with Crippen LogP contribution >= 0.6 is 0 Å². The van der Waals surface area contributed by atoms with Crippen LogP contribution in [0.4, 0.5) is 11.4 Å².